The van der Waals surface area contributed by atoms with E-state index < -0.39 is 11.5 Å². The van der Waals surface area contributed by atoms with Crippen molar-refractivity contribution in [1.29, 1.82) is 0 Å². The van der Waals surface area contributed by atoms with E-state index in [1.807, 2.05) is 34.6 Å². The number of aliphatic hydroxyl groups is 1. The largest absolute Gasteiger partial charge is 0.386 e. The minimum Gasteiger partial charge on any atom is -0.386 e. The van der Waals surface area contributed by atoms with E-state index in [-0.39, 0.29) is 28.6 Å². The van der Waals surface area contributed by atoms with Crippen LogP contribution in [-0.2, 0) is 14.3 Å². The maximum absolute atomic E-state index is 11.7. The van der Waals surface area contributed by atoms with Crippen LogP contribution in [0.5, 0.6) is 0 Å². The number of hydrogen-bond acceptors (Lipinski definition) is 5. The number of ketones is 2. The minimum absolute atomic E-state index is 0.109. The summed E-state index contributed by atoms with van der Waals surface area (Å²) < 4.78 is 5.14. The topological polar surface area (TPSA) is 89.6 Å². The van der Waals surface area contributed by atoms with Crippen molar-refractivity contribution in [3.05, 3.63) is 12.2 Å². The first-order valence-corrected chi connectivity index (χ1v) is 11.8. The Morgan fingerprint density at radius 2 is 1.25 bits per heavy atom. The summed E-state index contributed by atoms with van der Waals surface area (Å²) in [6.45, 7) is 28.0. The van der Waals surface area contributed by atoms with Crippen molar-refractivity contribution in [1.82, 2.24) is 0 Å². The van der Waals surface area contributed by atoms with Crippen LogP contribution in [0.4, 0.5) is 0 Å². The summed E-state index contributed by atoms with van der Waals surface area (Å²) in [7, 11) is 1.71. The summed E-state index contributed by atoms with van der Waals surface area (Å²) >= 11 is 0. The standard InChI is InChI=1S/C11H23NO.C9H18O.C7H14O2/c1-9(7-5-6-8-12)10(13)11(2,3)4;1-7(8(2)10-6)9(3,4)5;1-5(8)6(9)7(2,3)4/h9H,5-8,12H2,1-4H3;8H,1H2,2-6H3;5,8H,1-4H3. The van der Waals surface area contributed by atoms with Crippen molar-refractivity contribution in [2.45, 2.75) is 115 Å². The van der Waals surface area contributed by atoms with Crippen LogP contribution >= 0.6 is 0 Å². The molecule has 0 aromatic heterocycles. The number of ether oxygens (including phenoxy) is 1. The van der Waals surface area contributed by atoms with Crippen LogP contribution in [0.25, 0.3) is 0 Å². The summed E-state index contributed by atoms with van der Waals surface area (Å²) in [6, 6.07) is 0. The molecule has 0 aliphatic carbocycles. The Bertz CT molecular complexity index is 545. The molecule has 0 aliphatic heterocycles. The van der Waals surface area contributed by atoms with Crippen molar-refractivity contribution < 1.29 is 19.4 Å². The summed E-state index contributed by atoms with van der Waals surface area (Å²) in [5.41, 5.74) is 6.10. The average molecular weight is 458 g/mol. The van der Waals surface area contributed by atoms with Gasteiger partial charge in [-0.3, -0.25) is 9.59 Å². The highest BCUT2D eigenvalue weighted by atomic mass is 16.5. The van der Waals surface area contributed by atoms with Crippen LogP contribution in [-0.4, -0.2) is 42.5 Å². The van der Waals surface area contributed by atoms with Gasteiger partial charge in [0.25, 0.3) is 0 Å². The maximum Gasteiger partial charge on any atom is 0.166 e. The first-order chi connectivity index (χ1) is 14.1. The zero-order valence-electron chi connectivity index (χ0n) is 23.5. The van der Waals surface area contributed by atoms with Gasteiger partial charge in [0.2, 0.25) is 0 Å². The molecule has 192 valence electrons. The van der Waals surface area contributed by atoms with Gasteiger partial charge < -0.3 is 15.6 Å². The molecule has 5 nitrogen and oxygen atoms in total. The van der Waals surface area contributed by atoms with E-state index in [1.54, 1.807) is 27.9 Å². The third-order valence-corrected chi connectivity index (χ3v) is 5.20. The maximum atomic E-state index is 11.7. The average Bonchev–Trinajstić information content (AvgIpc) is 2.64. The molecule has 0 aromatic carbocycles. The number of hydrogen-bond donors (Lipinski definition) is 2. The van der Waals surface area contributed by atoms with Crippen LogP contribution < -0.4 is 5.73 Å². The molecule has 0 amide bonds. The Balaban J connectivity index is -0.000000403. The molecule has 3 N–H and O–H groups in total. The van der Waals surface area contributed by atoms with Crippen LogP contribution in [0.3, 0.4) is 0 Å². The fourth-order valence-corrected chi connectivity index (χ4v) is 2.84. The molecule has 0 saturated heterocycles. The number of methoxy groups -OCH3 is 1. The molecule has 0 rings (SSSR count). The molecule has 0 radical (unpaired) electrons. The zero-order chi connectivity index (χ0) is 26.5. The Labute approximate surface area is 199 Å². The first-order valence-electron chi connectivity index (χ1n) is 11.8. The summed E-state index contributed by atoms with van der Waals surface area (Å²) in [4.78, 5) is 22.6. The summed E-state index contributed by atoms with van der Waals surface area (Å²) in [6.07, 6.45) is 2.42. The van der Waals surface area contributed by atoms with Gasteiger partial charge in [-0.1, -0.05) is 82.2 Å². The third-order valence-electron chi connectivity index (χ3n) is 5.20. The second-order valence-corrected chi connectivity index (χ2v) is 11.7. The SMILES string of the molecule is C=C(C(C)OC)C(C)(C)C.CC(CCCCN)C(=O)C(C)(C)C.CC(O)C(=O)C(C)(C)C. The van der Waals surface area contributed by atoms with Gasteiger partial charge in [0, 0.05) is 23.9 Å². The zero-order valence-corrected chi connectivity index (χ0v) is 23.5. The molecule has 5 heteroatoms. The number of aliphatic hydroxyl groups excluding tert-OH is 1. The number of nitrogens with two attached hydrogens (primary N) is 1. The Morgan fingerprint density at radius 1 is 0.844 bits per heavy atom. The van der Waals surface area contributed by atoms with Gasteiger partial charge in [-0.05, 0) is 44.2 Å². The number of rotatable bonds is 8. The Morgan fingerprint density at radius 3 is 1.44 bits per heavy atom. The normalized spacial score (nSPS) is 14.7. The van der Waals surface area contributed by atoms with Gasteiger partial charge >= 0.3 is 0 Å². The minimum atomic E-state index is -0.829. The van der Waals surface area contributed by atoms with Crippen molar-refractivity contribution >= 4 is 11.6 Å². The number of Topliss-reactive ketones (excluding diaryl/α,β-unsaturated/α-hetero) is 2. The van der Waals surface area contributed by atoms with Crippen molar-refractivity contribution in [2.75, 3.05) is 13.7 Å². The van der Waals surface area contributed by atoms with Crippen LogP contribution in [0, 0.1) is 22.2 Å². The predicted molar refractivity (Wildman–Crippen MR) is 138 cm³/mol. The molecule has 32 heavy (non-hydrogen) atoms. The van der Waals surface area contributed by atoms with Crippen molar-refractivity contribution in [2.24, 2.45) is 27.9 Å². The van der Waals surface area contributed by atoms with E-state index in [0.717, 1.165) is 31.4 Å². The summed E-state index contributed by atoms with van der Waals surface area (Å²) in [5, 5.41) is 8.81. The van der Waals surface area contributed by atoms with Crippen LogP contribution in [0.15, 0.2) is 12.2 Å². The fourth-order valence-electron chi connectivity index (χ4n) is 2.84. The van der Waals surface area contributed by atoms with Gasteiger partial charge in [-0.2, -0.15) is 0 Å². The predicted octanol–water partition coefficient (Wildman–Crippen LogP) is 5.97. The Kier molecular flexibility index (Phi) is 17.5. The molecule has 0 heterocycles. The molecule has 0 aliphatic rings. The highest BCUT2D eigenvalue weighted by Crippen LogP contribution is 2.27. The van der Waals surface area contributed by atoms with Gasteiger partial charge in [0.15, 0.2) is 5.78 Å². The number of carbonyl (C=O) groups is 2. The highest BCUT2D eigenvalue weighted by Gasteiger charge is 2.26. The quantitative estimate of drug-likeness (QED) is 0.346. The van der Waals surface area contributed by atoms with E-state index in [4.69, 9.17) is 15.6 Å². The molecule has 0 saturated carbocycles. The van der Waals surface area contributed by atoms with E-state index in [2.05, 4.69) is 27.4 Å². The molecular formula is C27H55NO4. The van der Waals surface area contributed by atoms with E-state index in [9.17, 15) is 9.59 Å². The molecule has 3 unspecified atom stereocenters. The summed E-state index contributed by atoms with van der Waals surface area (Å²) in [5.74, 6) is 0.443. The lowest BCUT2D eigenvalue weighted by Gasteiger charge is -2.25. The second kappa shape index (κ2) is 15.7. The van der Waals surface area contributed by atoms with Gasteiger partial charge in [0.05, 0.1) is 6.10 Å². The third kappa shape index (κ3) is 17.5. The van der Waals surface area contributed by atoms with E-state index >= 15 is 0 Å². The van der Waals surface area contributed by atoms with Crippen LogP contribution in [0.1, 0.15) is 102 Å². The van der Waals surface area contributed by atoms with Gasteiger partial charge in [-0.25, -0.2) is 0 Å². The molecule has 0 spiro atoms. The Hall–Kier alpha value is -1.04. The molecular weight excluding hydrogens is 402 g/mol. The monoisotopic (exact) mass is 457 g/mol. The lowest BCUT2D eigenvalue weighted by atomic mass is 9.82. The number of unbranched alkanes of at least 4 members (excludes halogenated alkanes) is 1. The molecule has 3 atom stereocenters. The fraction of sp³-hybridized carbons (Fsp3) is 0.852. The first kappa shape index (κ1) is 35.5. The smallest absolute Gasteiger partial charge is 0.166 e. The molecule has 0 fully saturated rings. The van der Waals surface area contributed by atoms with E-state index in [0.29, 0.717) is 5.78 Å². The lowest BCUT2D eigenvalue weighted by Crippen LogP contribution is -2.29. The molecule has 0 aromatic rings. The highest BCUT2D eigenvalue weighted by molar-refractivity contribution is 5.87. The molecule has 0 bridgehead atoms. The van der Waals surface area contributed by atoms with Gasteiger partial charge in [0.1, 0.15) is 11.9 Å². The van der Waals surface area contributed by atoms with Crippen molar-refractivity contribution in [3.63, 3.8) is 0 Å². The number of carbonyl (C=O) groups excluding carboxylic acids is 2. The van der Waals surface area contributed by atoms with Crippen molar-refractivity contribution in [3.8, 4) is 0 Å². The van der Waals surface area contributed by atoms with Crippen LogP contribution in [0.2, 0.25) is 0 Å². The van der Waals surface area contributed by atoms with E-state index in [1.165, 1.54) is 6.92 Å². The lowest BCUT2D eigenvalue weighted by molar-refractivity contribution is -0.134. The van der Waals surface area contributed by atoms with Gasteiger partial charge in [-0.15, -0.1) is 0 Å². The second-order valence-electron chi connectivity index (χ2n) is 11.7.